The highest BCUT2D eigenvalue weighted by atomic mass is 15.4. The molecule has 340 valence electrons. The van der Waals surface area contributed by atoms with Crippen molar-refractivity contribution in [2.45, 2.75) is 81.2 Å². The van der Waals surface area contributed by atoms with Crippen LogP contribution >= 0.6 is 0 Å². The van der Waals surface area contributed by atoms with Crippen LogP contribution in [0.2, 0.25) is 0 Å². The minimum atomic E-state index is 0.0608. The van der Waals surface area contributed by atoms with Gasteiger partial charge in [-0.2, -0.15) is 0 Å². The third-order valence-corrected chi connectivity index (χ3v) is 16.2. The first kappa shape index (κ1) is 41.5. The molecule has 0 radical (unpaired) electrons. The number of aliphatic imine (C=N–C) groups is 1. The van der Waals surface area contributed by atoms with E-state index in [1.807, 2.05) is 0 Å². The molecule has 68 heavy (non-hydrogen) atoms. The van der Waals surface area contributed by atoms with Gasteiger partial charge >= 0.3 is 0 Å². The van der Waals surface area contributed by atoms with Crippen molar-refractivity contribution in [1.82, 2.24) is 10.2 Å². The molecule has 3 saturated heterocycles. The number of likely N-dealkylation sites (tertiary alicyclic amines) is 1. The van der Waals surface area contributed by atoms with Crippen molar-refractivity contribution in [3.8, 4) is 0 Å². The van der Waals surface area contributed by atoms with Crippen LogP contribution in [0.15, 0.2) is 210 Å². The number of nitrogens with zero attached hydrogens (tertiary/aromatic N) is 5. The first-order chi connectivity index (χ1) is 33.7. The minimum Gasteiger partial charge on any atom is -0.372 e. The van der Waals surface area contributed by atoms with Gasteiger partial charge in [0.15, 0.2) is 0 Å². The normalized spacial score (nSPS) is 29.1. The molecule has 0 saturated carbocycles. The fourth-order valence-electron chi connectivity index (χ4n) is 12.9. The zero-order valence-corrected chi connectivity index (χ0v) is 39.0. The van der Waals surface area contributed by atoms with E-state index in [1.165, 1.54) is 106 Å². The van der Waals surface area contributed by atoms with E-state index in [0.29, 0.717) is 0 Å². The Balaban J connectivity index is 0.903. The first-order valence-electron chi connectivity index (χ1n) is 25.7. The molecule has 8 unspecified atom stereocenters. The van der Waals surface area contributed by atoms with Crippen molar-refractivity contribution in [2.75, 3.05) is 40.9 Å². The number of para-hydroxylation sites is 2. The molecule has 4 heterocycles. The highest BCUT2D eigenvalue weighted by Gasteiger charge is 2.42. The molecule has 3 fully saturated rings. The van der Waals surface area contributed by atoms with Gasteiger partial charge in [0.1, 0.15) is 12.0 Å². The van der Waals surface area contributed by atoms with Gasteiger partial charge in [0, 0.05) is 66.7 Å². The number of allylic oxidation sites excluding steroid dienone is 12. The van der Waals surface area contributed by atoms with Crippen LogP contribution in [0.4, 0.5) is 17.1 Å². The predicted molar refractivity (Wildman–Crippen MR) is 282 cm³/mol. The summed E-state index contributed by atoms with van der Waals surface area (Å²) in [5.41, 5.74) is 14.9. The van der Waals surface area contributed by atoms with Crippen molar-refractivity contribution < 1.29 is 0 Å². The Labute approximate surface area is 403 Å². The van der Waals surface area contributed by atoms with Gasteiger partial charge in [-0.3, -0.25) is 10.3 Å². The second-order valence-electron chi connectivity index (χ2n) is 20.2. The lowest BCUT2D eigenvalue weighted by atomic mass is 9.65. The molecule has 13 rings (SSSR count). The summed E-state index contributed by atoms with van der Waals surface area (Å²) in [5.74, 6) is 1.73. The number of amidine groups is 1. The molecule has 4 aromatic rings. The van der Waals surface area contributed by atoms with Gasteiger partial charge in [-0.1, -0.05) is 140 Å². The standard InChI is InChI=1S/C62H62N6/c1-5-17-47(18-6-1)67-57-23-11-9-21-55(57)63-61(67)45-29-25-43(26-30-45)59-51-35-33-50(66-39-15-4-16-40-66)42-54(51)60(52-36-34-49(41-53(52)59)65-37-13-3-14-38-65)44-27-31-46(32-28-44)62-64-56-22-10-12-24-58(56)68(62)48-19-7-2-8-20-48/h1-2,5-12,17-31,33-36,41-42,46,51,55-59,61,63H,3-4,13-16,32,37-40H2. The van der Waals surface area contributed by atoms with Crippen LogP contribution < -0.4 is 20.0 Å². The van der Waals surface area contributed by atoms with E-state index in [2.05, 4.69) is 213 Å². The average Bonchev–Trinajstić information content (AvgIpc) is 4.01. The molecule has 6 nitrogen and oxygen atoms in total. The summed E-state index contributed by atoms with van der Waals surface area (Å²) in [6.07, 6.45) is 41.8. The lowest BCUT2D eigenvalue weighted by Gasteiger charge is -2.41. The fourth-order valence-corrected chi connectivity index (χ4v) is 12.9. The zero-order chi connectivity index (χ0) is 45.0. The summed E-state index contributed by atoms with van der Waals surface area (Å²) in [4.78, 5) is 15.8. The van der Waals surface area contributed by atoms with Gasteiger partial charge in [0.2, 0.25) is 0 Å². The Morgan fingerprint density at radius 2 is 1.26 bits per heavy atom. The average molecular weight is 891 g/mol. The lowest BCUT2D eigenvalue weighted by molar-refractivity contribution is 0.292. The maximum Gasteiger partial charge on any atom is 0.112 e. The SMILES string of the molecule is C1=CC2N=C(C3C=CC(C4=C5C=C(N6CCCCC6)C=CC5C(c5ccc(C6NC7C=CC=CC7N6c6ccccc6)cc5)c5cc(N6CCCCC6)ccc54)=CC3)N(c3ccccc3)C2C=C1. The Morgan fingerprint density at radius 1 is 0.574 bits per heavy atom. The second-order valence-corrected chi connectivity index (χ2v) is 20.2. The molecule has 0 amide bonds. The van der Waals surface area contributed by atoms with Crippen LogP contribution in [0.3, 0.4) is 0 Å². The number of rotatable bonds is 8. The molecular weight excluding hydrogens is 829 g/mol. The predicted octanol–water partition coefficient (Wildman–Crippen LogP) is 12.4. The molecule has 0 spiro atoms. The zero-order valence-electron chi connectivity index (χ0n) is 39.0. The summed E-state index contributed by atoms with van der Waals surface area (Å²) < 4.78 is 0. The van der Waals surface area contributed by atoms with Crippen molar-refractivity contribution in [1.29, 1.82) is 0 Å². The fraction of sp³-hybridized carbons (Fsp3) is 0.306. The van der Waals surface area contributed by atoms with Crippen LogP contribution in [0.1, 0.15) is 79.3 Å². The van der Waals surface area contributed by atoms with Gasteiger partial charge in [0.05, 0.1) is 24.2 Å². The number of benzene rings is 4. The molecule has 4 aliphatic heterocycles. The molecular formula is C62H62N6. The summed E-state index contributed by atoms with van der Waals surface area (Å²) >= 11 is 0. The lowest BCUT2D eigenvalue weighted by Crippen LogP contribution is -2.41. The smallest absolute Gasteiger partial charge is 0.112 e. The highest BCUT2D eigenvalue weighted by Crippen LogP contribution is 2.53. The largest absolute Gasteiger partial charge is 0.372 e. The summed E-state index contributed by atoms with van der Waals surface area (Å²) in [5, 5.41) is 4.01. The van der Waals surface area contributed by atoms with Crippen LogP contribution in [0.25, 0.3) is 5.57 Å². The first-order valence-corrected chi connectivity index (χ1v) is 25.7. The van der Waals surface area contributed by atoms with Gasteiger partial charge in [0.25, 0.3) is 0 Å². The van der Waals surface area contributed by atoms with E-state index >= 15 is 0 Å². The topological polar surface area (TPSA) is 37.4 Å². The summed E-state index contributed by atoms with van der Waals surface area (Å²) in [6, 6.07) is 40.0. The van der Waals surface area contributed by atoms with Crippen LogP contribution in [-0.4, -0.2) is 61.1 Å². The molecule has 6 heteroatoms. The van der Waals surface area contributed by atoms with E-state index in [1.54, 1.807) is 0 Å². The van der Waals surface area contributed by atoms with Crippen LogP contribution in [0, 0.1) is 11.8 Å². The molecule has 5 aliphatic carbocycles. The Hall–Kier alpha value is -6.63. The molecule has 0 aromatic heterocycles. The summed E-state index contributed by atoms with van der Waals surface area (Å²) in [7, 11) is 0. The van der Waals surface area contributed by atoms with Crippen molar-refractivity contribution in [3.63, 3.8) is 0 Å². The number of fused-ring (bicyclic) bond motifs is 4. The maximum atomic E-state index is 5.43. The van der Waals surface area contributed by atoms with Gasteiger partial charge in [-0.15, -0.1) is 0 Å². The Morgan fingerprint density at radius 3 is 2.01 bits per heavy atom. The van der Waals surface area contributed by atoms with E-state index in [9.17, 15) is 0 Å². The third kappa shape index (κ3) is 7.40. The third-order valence-electron chi connectivity index (χ3n) is 16.2. The summed E-state index contributed by atoms with van der Waals surface area (Å²) in [6.45, 7) is 4.51. The van der Waals surface area contributed by atoms with E-state index in [0.717, 1.165) is 32.6 Å². The van der Waals surface area contributed by atoms with Gasteiger partial charge < -0.3 is 19.6 Å². The number of nitrogens with one attached hydrogen (secondary N) is 1. The van der Waals surface area contributed by atoms with E-state index in [-0.39, 0.29) is 48.1 Å². The molecule has 0 bridgehead atoms. The number of anilines is 3. The van der Waals surface area contributed by atoms with Gasteiger partial charge in [-0.05, 0) is 132 Å². The Bertz CT molecular complexity index is 2860. The van der Waals surface area contributed by atoms with Crippen LogP contribution in [-0.2, 0) is 0 Å². The van der Waals surface area contributed by atoms with Crippen LogP contribution in [0.5, 0.6) is 0 Å². The maximum absolute atomic E-state index is 5.43. The molecule has 4 aromatic carbocycles. The van der Waals surface area contributed by atoms with Gasteiger partial charge in [-0.25, -0.2) is 0 Å². The van der Waals surface area contributed by atoms with E-state index in [4.69, 9.17) is 4.99 Å². The second kappa shape index (κ2) is 17.8. The molecule has 9 aliphatic rings. The van der Waals surface area contributed by atoms with Crippen molar-refractivity contribution in [3.05, 3.63) is 227 Å². The minimum absolute atomic E-state index is 0.0608. The monoisotopic (exact) mass is 891 g/mol. The van der Waals surface area contributed by atoms with Crippen molar-refractivity contribution >= 4 is 28.5 Å². The number of hydrogen-bond donors (Lipinski definition) is 1. The highest BCUT2D eigenvalue weighted by molar-refractivity contribution is 6.04. The number of hydrogen-bond acceptors (Lipinski definition) is 6. The molecule has 1 N–H and O–H groups in total. The van der Waals surface area contributed by atoms with Crippen molar-refractivity contribution in [2.24, 2.45) is 16.8 Å². The quantitative estimate of drug-likeness (QED) is 0.191. The molecule has 8 atom stereocenters. The number of piperidine rings is 2. The van der Waals surface area contributed by atoms with E-state index < -0.39 is 0 Å². The Kier molecular flexibility index (Phi) is 10.9.